The molecule has 0 saturated carbocycles. The van der Waals surface area contributed by atoms with Crippen LogP contribution in [0.15, 0.2) is 29.2 Å². The highest BCUT2D eigenvalue weighted by Gasteiger charge is 2.36. The highest BCUT2D eigenvalue weighted by atomic mass is 32.2. The van der Waals surface area contributed by atoms with Crippen LogP contribution in [0.4, 0.5) is 13.2 Å². The summed E-state index contributed by atoms with van der Waals surface area (Å²) in [5.74, 6) is -1.36. The summed E-state index contributed by atoms with van der Waals surface area (Å²) >= 11 is 0. The van der Waals surface area contributed by atoms with Gasteiger partial charge in [-0.3, -0.25) is 0 Å². The summed E-state index contributed by atoms with van der Waals surface area (Å²) in [4.78, 5) is 10.3. The highest BCUT2D eigenvalue weighted by Crippen LogP contribution is 2.23. The summed E-state index contributed by atoms with van der Waals surface area (Å²) in [6, 6.07) is 4.25. The Balaban J connectivity index is 3.22. The summed E-state index contributed by atoms with van der Waals surface area (Å²) in [5, 5.41) is 8.81. The lowest BCUT2D eigenvalue weighted by Crippen LogP contribution is -2.39. The van der Waals surface area contributed by atoms with Crippen LogP contribution in [0.3, 0.4) is 0 Å². The number of hydrogen-bond donors (Lipinski definition) is 1. The van der Waals surface area contributed by atoms with E-state index in [0.717, 1.165) is 18.2 Å². The lowest BCUT2D eigenvalue weighted by molar-refractivity contribution is -0.136. The summed E-state index contributed by atoms with van der Waals surface area (Å²) < 4.78 is 62.2. The van der Waals surface area contributed by atoms with Gasteiger partial charge in [-0.1, -0.05) is 13.0 Å². The van der Waals surface area contributed by atoms with Gasteiger partial charge in [-0.15, -0.1) is 0 Å². The van der Waals surface area contributed by atoms with E-state index in [-0.39, 0.29) is 18.5 Å². The van der Waals surface area contributed by atoms with Gasteiger partial charge < -0.3 is 5.11 Å². The summed E-state index contributed by atoms with van der Waals surface area (Å²) in [7, 11) is -4.40. The second-order valence-electron chi connectivity index (χ2n) is 4.29. The van der Waals surface area contributed by atoms with Crippen molar-refractivity contribution in [1.82, 2.24) is 4.31 Å². The molecule has 0 saturated heterocycles. The first-order chi connectivity index (χ1) is 9.58. The molecule has 0 atom stereocenters. The molecule has 118 valence electrons. The molecule has 0 aliphatic carbocycles. The number of sulfonamides is 1. The molecule has 0 spiro atoms. The van der Waals surface area contributed by atoms with E-state index < -0.39 is 33.6 Å². The van der Waals surface area contributed by atoms with Crippen LogP contribution in [0.25, 0.3) is 0 Å². The van der Waals surface area contributed by atoms with Crippen molar-refractivity contribution in [1.29, 1.82) is 0 Å². The number of hydrogen-bond acceptors (Lipinski definition) is 3. The molecule has 0 heterocycles. The molecule has 1 rings (SSSR count). The minimum absolute atomic E-state index is 0.202. The maximum Gasteiger partial charge on any atom is 0.402 e. The van der Waals surface area contributed by atoms with E-state index in [2.05, 4.69) is 0 Å². The Morgan fingerprint density at radius 3 is 2.43 bits per heavy atom. The van der Waals surface area contributed by atoms with Crippen LogP contribution < -0.4 is 0 Å². The van der Waals surface area contributed by atoms with Crippen LogP contribution in [0.2, 0.25) is 0 Å². The number of benzene rings is 1. The maximum absolute atomic E-state index is 12.5. The van der Waals surface area contributed by atoms with Crippen molar-refractivity contribution < 1.29 is 31.5 Å². The second-order valence-corrected chi connectivity index (χ2v) is 6.22. The van der Waals surface area contributed by atoms with E-state index in [1.807, 2.05) is 0 Å². The third-order valence-electron chi connectivity index (χ3n) is 2.55. The Hall–Kier alpha value is -1.61. The SMILES string of the molecule is CCCN(CC(F)(F)F)S(=O)(=O)c1cccc(C(=O)O)c1. The zero-order chi connectivity index (χ0) is 16.3. The molecule has 0 aromatic heterocycles. The zero-order valence-corrected chi connectivity index (χ0v) is 11.9. The largest absolute Gasteiger partial charge is 0.478 e. The normalized spacial score (nSPS) is 12.6. The molecule has 0 unspecified atom stereocenters. The van der Waals surface area contributed by atoms with Crippen molar-refractivity contribution in [2.24, 2.45) is 0 Å². The number of carboxylic acids is 1. The summed E-state index contributed by atoms with van der Waals surface area (Å²) in [6.45, 7) is -0.369. The molecule has 0 fully saturated rings. The molecule has 21 heavy (non-hydrogen) atoms. The standard InChI is InChI=1S/C12H14F3NO4S/c1-2-6-16(8-12(13,14)15)21(19,20)10-5-3-4-9(7-10)11(17)18/h3-5,7H,2,6,8H2,1H3,(H,17,18). The van der Waals surface area contributed by atoms with E-state index in [0.29, 0.717) is 4.31 Å². The van der Waals surface area contributed by atoms with Crippen molar-refractivity contribution in [3.8, 4) is 0 Å². The van der Waals surface area contributed by atoms with Crippen molar-refractivity contribution in [3.05, 3.63) is 29.8 Å². The third-order valence-corrected chi connectivity index (χ3v) is 4.39. The number of nitrogens with zero attached hydrogens (tertiary/aromatic N) is 1. The van der Waals surface area contributed by atoms with E-state index in [1.165, 1.54) is 6.07 Å². The van der Waals surface area contributed by atoms with Gasteiger partial charge >= 0.3 is 12.1 Å². The maximum atomic E-state index is 12.5. The quantitative estimate of drug-likeness (QED) is 0.871. The predicted octanol–water partition coefficient (Wildman–Crippen LogP) is 2.35. The average Bonchev–Trinajstić information content (AvgIpc) is 2.37. The fraction of sp³-hybridized carbons (Fsp3) is 0.417. The molecule has 1 N–H and O–H groups in total. The zero-order valence-electron chi connectivity index (χ0n) is 11.1. The topological polar surface area (TPSA) is 74.7 Å². The fourth-order valence-corrected chi connectivity index (χ4v) is 3.24. The number of rotatable bonds is 6. The van der Waals surface area contributed by atoms with Crippen molar-refractivity contribution in [2.45, 2.75) is 24.4 Å². The Kier molecular flexibility index (Phi) is 5.35. The van der Waals surface area contributed by atoms with Gasteiger partial charge in [0.1, 0.15) is 6.54 Å². The molecule has 1 aromatic carbocycles. The van der Waals surface area contributed by atoms with Crippen LogP contribution in [0.1, 0.15) is 23.7 Å². The van der Waals surface area contributed by atoms with Gasteiger partial charge in [0.2, 0.25) is 10.0 Å². The predicted molar refractivity (Wildman–Crippen MR) is 68.5 cm³/mol. The molecule has 5 nitrogen and oxygen atoms in total. The molecule has 0 aliphatic heterocycles. The van der Waals surface area contributed by atoms with Crippen LogP contribution in [-0.2, 0) is 10.0 Å². The molecule has 0 radical (unpaired) electrons. The number of halogens is 3. The minimum atomic E-state index is -4.67. The molecule has 0 amide bonds. The first-order valence-electron chi connectivity index (χ1n) is 5.98. The van der Waals surface area contributed by atoms with Crippen molar-refractivity contribution in [2.75, 3.05) is 13.1 Å². The Morgan fingerprint density at radius 2 is 1.95 bits per heavy atom. The van der Waals surface area contributed by atoms with Gasteiger partial charge in [0.15, 0.2) is 0 Å². The van der Waals surface area contributed by atoms with Gasteiger partial charge in [-0.2, -0.15) is 17.5 Å². The van der Waals surface area contributed by atoms with Crippen molar-refractivity contribution in [3.63, 3.8) is 0 Å². The molecule has 0 bridgehead atoms. The lowest BCUT2D eigenvalue weighted by Gasteiger charge is -2.23. The molecular formula is C12H14F3NO4S. The van der Waals surface area contributed by atoms with Gasteiger partial charge in [-0.05, 0) is 24.6 Å². The van der Waals surface area contributed by atoms with Crippen LogP contribution in [-0.4, -0.2) is 43.1 Å². The van der Waals surface area contributed by atoms with Gasteiger partial charge in [0.05, 0.1) is 10.5 Å². The minimum Gasteiger partial charge on any atom is -0.478 e. The second kappa shape index (κ2) is 6.44. The lowest BCUT2D eigenvalue weighted by atomic mass is 10.2. The third kappa shape index (κ3) is 4.71. The van der Waals surface area contributed by atoms with Crippen LogP contribution >= 0.6 is 0 Å². The van der Waals surface area contributed by atoms with E-state index in [4.69, 9.17) is 5.11 Å². The molecule has 0 aliphatic rings. The number of carbonyl (C=O) groups is 1. The summed E-state index contributed by atoms with van der Waals surface area (Å²) in [6.07, 6.45) is -4.47. The number of carboxylic acid groups (broad SMARTS) is 1. The van der Waals surface area contributed by atoms with E-state index in [1.54, 1.807) is 6.92 Å². The van der Waals surface area contributed by atoms with Crippen LogP contribution in [0, 0.1) is 0 Å². The van der Waals surface area contributed by atoms with Crippen LogP contribution in [0.5, 0.6) is 0 Å². The Labute approximate surface area is 120 Å². The Bertz CT molecular complexity index is 613. The van der Waals surface area contributed by atoms with E-state index >= 15 is 0 Å². The van der Waals surface area contributed by atoms with Gasteiger partial charge in [0.25, 0.3) is 0 Å². The average molecular weight is 325 g/mol. The van der Waals surface area contributed by atoms with Gasteiger partial charge in [0, 0.05) is 6.54 Å². The van der Waals surface area contributed by atoms with Crippen molar-refractivity contribution >= 4 is 16.0 Å². The highest BCUT2D eigenvalue weighted by molar-refractivity contribution is 7.89. The number of aromatic carboxylic acids is 1. The monoisotopic (exact) mass is 325 g/mol. The fourth-order valence-electron chi connectivity index (χ4n) is 1.67. The molecule has 1 aromatic rings. The number of alkyl halides is 3. The molecule has 9 heteroatoms. The summed E-state index contributed by atoms with van der Waals surface area (Å²) in [5.41, 5.74) is -0.306. The first-order valence-corrected chi connectivity index (χ1v) is 7.42. The molecular weight excluding hydrogens is 311 g/mol. The van der Waals surface area contributed by atoms with Gasteiger partial charge in [-0.25, -0.2) is 13.2 Å². The Morgan fingerprint density at radius 1 is 1.33 bits per heavy atom. The first kappa shape index (κ1) is 17.4. The van der Waals surface area contributed by atoms with E-state index in [9.17, 15) is 26.4 Å². The smallest absolute Gasteiger partial charge is 0.402 e.